The molecule has 0 aliphatic carbocycles. The zero-order chi connectivity index (χ0) is 19.8. The van der Waals surface area contributed by atoms with Crippen LogP contribution in [0, 0.1) is 5.82 Å². The van der Waals surface area contributed by atoms with Crippen LogP contribution < -0.4 is 10.6 Å². The van der Waals surface area contributed by atoms with Crippen molar-refractivity contribution in [2.75, 3.05) is 10.6 Å². The van der Waals surface area contributed by atoms with E-state index < -0.39 is 23.6 Å². The zero-order valence-electron chi connectivity index (χ0n) is 13.4. The Balaban J connectivity index is 1.86. The van der Waals surface area contributed by atoms with E-state index in [9.17, 15) is 27.5 Å². The topological polar surface area (TPSA) is 61.4 Å². The summed E-state index contributed by atoms with van der Waals surface area (Å²) in [6.45, 7) is 0. The highest BCUT2D eigenvalue weighted by molar-refractivity contribution is 9.10. The van der Waals surface area contributed by atoms with Crippen LogP contribution in [0.5, 0.6) is 5.75 Å². The van der Waals surface area contributed by atoms with E-state index in [4.69, 9.17) is 0 Å². The largest absolute Gasteiger partial charge is 0.508 e. The second-order valence-corrected chi connectivity index (χ2v) is 6.45. The van der Waals surface area contributed by atoms with E-state index in [0.29, 0.717) is 28.6 Å². The molecule has 0 aliphatic heterocycles. The van der Waals surface area contributed by atoms with Crippen LogP contribution >= 0.6 is 15.9 Å². The lowest BCUT2D eigenvalue weighted by Gasteiger charge is -2.13. The minimum atomic E-state index is -4.88. The van der Waals surface area contributed by atoms with Crippen LogP contribution in [0.2, 0.25) is 0 Å². The van der Waals surface area contributed by atoms with Gasteiger partial charge in [-0.05, 0) is 53.9 Å². The summed E-state index contributed by atoms with van der Waals surface area (Å²) in [4.78, 5) is 12.2. The molecule has 140 valence electrons. The summed E-state index contributed by atoms with van der Waals surface area (Å²) in [6, 6.07) is 9.16. The van der Waals surface area contributed by atoms with E-state index in [2.05, 4.69) is 26.6 Å². The van der Waals surface area contributed by atoms with Crippen LogP contribution in [0.25, 0.3) is 10.8 Å². The highest BCUT2D eigenvalue weighted by atomic mass is 79.9. The molecule has 0 spiro atoms. The van der Waals surface area contributed by atoms with Crippen molar-refractivity contribution >= 4 is 44.1 Å². The van der Waals surface area contributed by atoms with Crippen LogP contribution in [-0.4, -0.2) is 11.1 Å². The number of anilines is 2. The summed E-state index contributed by atoms with van der Waals surface area (Å²) in [6.07, 6.45) is -4.88. The van der Waals surface area contributed by atoms with Crippen molar-refractivity contribution in [2.45, 2.75) is 6.18 Å². The number of halogens is 5. The molecule has 3 N–H and O–H groups in total. The molecule has 0 heterocycles. The van der Waals surface area contributed by atoms with Gasteiger partial charge in [-0.25, -0.2) is 9.18 Å². The average molecular weight is 443 g/mol. The molecule has 3 rings (SSSR count). The van der Waals surface area contributed by atoms with Gasteiger partial charge in [-0.1, -0.05) is 15.9 Å². The van der Waals surface area contributed by atoms with E-state index in [0.717, 1.165) is 10.5 Å². The van der Waals surface area contributed by atoms with Crippen molar-refractivity contribution in [3.8, 4) is 5.75 Å². The Labute approximate surface area is 158 Å². The molecular weight excluding hydrogens is 432 g/mol. The number of aromatic hydroxyl groups is 1. The third-order valence-electron chi connectivity index (χ3n) is 3.72. The normalized spacial score (nSPS) is 11.4. The number of nitrogens with one attached hydrogen (secondary N) is 2. The minimum absolute atomic E-state index is 0.0163. The minimum Gasteiger partial charge on any atom is -0.508 e. The molecule has 0 aromatic heterocycles. The van der Waals surface area contributed by atoms with E-state index in [1.54, 1.807) is 18.2 Å². The Hall–Kier alpha value is -2.81. The lowest BCUT2D eigenvalue weighted by atomic mass is 10.1. The second kappa shape index (κ2) is 7.07. The fraction of sp³-hybridized carbons (Fsp3) is 0.0556. The zero-order valence-corrected chi connectivity index (χ0v) is 15.0. The van der Waals surface area contributed by atoms with E-state index in [1.807, 2.05) is 0 Å². The first kappa shape index (κ1) is 19.0. The summed E-state index contributed by atoms with van der Waals surface area (Å²) in [5, 5.41) is 15.6. The SMILES string of the molecule is O=C(Nc1ccc(F)c(C(F)(F)F)c1)Nc1ccc(Br)c2ccc(O)cc12. The van der Waals surface area contributed by atoms with Crippen molar-refractivity contribution in [3.63, 3.8) is 0 Å². The summed E-state index contributed by atoms with van der Waals surface area (Å²) < 4.78 is 52.4. The molecule has 27 heavy (non-hydrogen) atoms. The quantitative estimate of drug-likeness (QED) is 0.419. The first-order valence-electron chi connectivity index (χ1n) is 7.51. The number of hydrogen-bond donors (Lipinski definition) is 3. The lowest BCUT2D eigenvalue weighted by molar-refractivity contribution is -0.139. The molecule has 0 saturated carbocycles. The highest BCUT2D eigenvalue weighted by Gasteiger charge is 2.34. The summed E-state index contributed by atoms with van der Waals surface area (Å²) in [5.41, 5.74) is -1.36. The van der Waals surface area contributed by atoms with Gasteiger partial charge in [0, 0.05) is 15.5 Å². The predicted molar refractivity (Wildman–Crippen MR) is 97.4 cm³/mol. The maximum atomic E-state index is 13.3. The summed E-state index contributed by atoms with van der Waals surface area (Å²) in [5.74, 6) is -1.44. The number of fused-ring (bicyclic) bond motifs is 1. The summed E-state index contributed by atoms with van der Waals surface area (Å²) >= 11 is 3.36. The second-order valence-electron chi connectivity index (χ2n) is 5.60. The Morgan fingerprint density at radius 3 is 2.41 bits per heavy atom. The van der Waals surface area contributed by atoms with Crippen molar-refractivity contribution in [3.05, 3.63) is 64.4 Å². The van der Waals surface area contributed by atoms with Gasteiger partial charge in [0.25, 0.3) is 0 Å². The number of amides is 2. The third-order valence-corrected chi connectivity index (χ3v) is 4.42. The molecule has 0 radical (unpaired) electrons. The van der Waals surface area contributed by atoms with Gasteiger partial charge in [0.2, 0.25) is 0 Å². The molecule has 0 aliphatic rings. The molecule has 3 aromatic rings. The van der Waals surface area contributed by atoms with Gasteiger partial charge in [-0.3, -0.25) is 0 Å². The predicted octanol–water partition coefficient (Wildman–Crippen LogP) is 6.11. The number of phenols is 1. The van der Waals surface area contributed by atoms with Crippen LogP contribution in [-0.2, 0) is 6.18 Å². The number of alkyl halides is 3. The van der Waals surface area contributed by atoms with Gasteiger partial charge in [-0.15, -0.1) is 0 Å². The van der Waals surface area contributed by atoms with Crippen LogP contribution in [0.1, 0.15) is 5.56 Å². The third kappa shape index (κ3) is 4.13. The molecule has 0 bridgehead atoms. The molecular formula is C18H11BrF4N2O2. The number of urea groups is 1. The Kier molecular flexibility index (Phi) is 4.97. The first-order chi connectivity index (χ1) is 12.6. The molecule has 0 saturated heterocycles. The molecule has 9 heteroatoms. The monoisotopic (exact) mass is 442 g/mol. The number of phenolic OH excluding ortho intramolecular Hbond substituents is 1. The maximum absolute atomic E-state index is 13.3. The fourth-order valence-corrected chi connectivity index (χ4v) is 2.99. The van der Waals surface area contributed by atoms with Crippen LogP contribution in [0.3, 0.4) is 0 Å². The maximum Gasteiger partial charge on any atom is 0.419 e. The number of carbonyl (C=O) groups excluding carboxylic acids is 1. The Morgan fingerprint density at radius 1 is 0.963 bits per heavy atom. The van der Waals surface area contributed by atoms with E-state index >= 15 is 0 Å². The van der Waals surface area contributed by atoms with Gasteiger partial charge >= 0.3 is 12.2 Å². The number of benzene rings is 3. The van der Waals surface area contributed by atoms with Gasteiger partial charge in [0.15, 0.2) is 0 Å². The van der Waals surface area contributed by atoms with Crippen molar-refractivity contribution in [2.24, 2.45) is 0 Å². The number of hydrogen-bond acceptors (Lipinski definition) is 2. The highest BCUT2D eigenvalue weighted by Crippen LogP contribution is 2.34. The number of carbonyl (C=O) groups is 1. The smallest absolute Gasteiger partial charge is 0.419 e. The van der Waals surface area contributed by atoms with Gasteiger partial charge < -0.3 is 15.7 Å². The molecule has 0 fully saturated rings. The molecule has 2 amide bonds. The standard InChI is InChI=1S/C18H11BrF4N2O2/c19-14-4-6-16(12-8-10(26)2-3-11(12)14)25-17(27)24-9-1-5-15(20)13(7-9)18(21,22)23/h1-8,26H,(H2,24,25,27). The van der Waals surface area contributed by atoms with Crippen LogP contribution in [0.15, 0.2) is 53.0 Å². The first-order valence-corrected chi connectivity index (χ1v) is 8.30. The lowest BCUT2D eigenvalue weighted by Crippen LogP contribution is -2.20. The Bertz CT molecular complexity index is 1040. The average Bonchev–Trinajstić information content (AvgIpc) is 2.58. The molecule has 4 nitrogen and oxygen atoms in total. The molecule has 0 atom stereocenters. The fourth-order valence-electron chi connectivity index (χ4n) is 2.51. The molecule has 3 aromatic carbocycles. The van der Waals surface area contributed by atoms with Crippen LogP contribution in [0.4, 0.5) is 33.7 Å². The van der Waals surface area contributed by atoms with Crippen molar-refractivity contribution in [1.82, 2.24) is 0 Å². The van der Waals surface area contributed by atoms with Gasteiger partial charge in [0.1, 0.15) is 11.6 Å². The molecule has 0 unspecified atom stereocenters. The van der Waals surface area contributed by atoms with Crippen molar-refractivity contribution < 1.29 is 27.5 Å². The van der Waals surface area contributed by atoms with Gasteiger partial charge in [0.05, 0.1) is 11.3 Å². The Morgan fingerprint density at radius 2 is 1.70 bits per heavy atom. The van der Waals surface area contributed by atoms with Gasteiger partial charge in [-0.2, -0.15) is 13.2 Å². The van der Waals surface area contributed by atoms with E-state index in [-0.39, 0.29) is 11.4 Å². The van der Waals surface area contributed by atoms with Crippen molar-refractivity contribution in [1.29, 1.82) is 0 Å². The number of rotatable bonds is 2. The summed E-state index contributed by atoms with van der Waals surface area (Å²) in [7, 11) is 0. The van der Waals surface area contributed by atoms with E-state index in [1.165, 1.54) is 12.1 Å².